The number of rotatable bonds is 7. The van der Waals surface area contributed by atoms with Crippen molar-refractivity contribution in [2.75, 3.05) is 6.61 Å². The quantitative estimate of drug-likeness (QED) is 0.693. The second kappa shape index (κ2) is 7.99. The van der Waals surface area contributed by atoms with Crippen LogP contribution in [0.1, 0.15) is 30.0 Å². The van der Waals surface area contributed by atoms with Crippen LogP contribution >= 0.6 is 0 Å². The van der Waals surface area contributed by atoms with Crippen LogP contribution in [0, 0.1) is 6.92 Å². The topological polar surface area (TPSA) is 54.3 Å². The molecular weight excluding hydrogens is 312 g/mol. The molecule has 3 aromatic rings. The lowest BCUT2D eigenvalue weighted by atomic mass is 10.0. The van der Waals surface area contributed by atoms with Crippen LogP contribution in [0.4, 0.5) is 0 Å². The second-order valence-electron chi connectivity index (χ2n) is 6.35. The first-order chi connectivity index (χ1) is 12.2. The van der Waals surface area contributed by atoms with Gasteiger partial charge >= 0.3 is 0 Å². The molecule has 0 saturated heterocycles. The maximum Gasteiger partial charge on any atom is 0.240 e. The van der Waals surface area contributed by atoms with Crippen molar-refractivity contribution in [1.82, 2.24) is 9.88 Å². The van der Waals surface area contributed by atoms with Gasteiger partial charge in [0, 0.05) is 23.7 Å². The second-order valence-corrected chi connectivity index (χ2v) is 6.35. The van der Waals surface area contributed by atoms with Crippen molar-refractivity contribution in [1.29, 1.82) is 0 Å². The summed E-state index contributed by atoms with van der Waals surface area (Å²) in [4.78, 5) is 12.6. The third-order valence-electron chi connectivity index (χ3n) is 4.49. The first kappa shape index (κ1) is 17.2. The molecule has 0 aliphatic heterocycles. The standard InChI is InChI=1S/C21H24N2O2/c1-16-14-23(20-12-6-5-10-18(16)20)15-21(25)22-19(11-7-13-24)17-8-3-2-4-9-17/h2-6,8-10,12,14,19,24H,7,11,13,15H2,1H3,(H,22,25). The number of benzene rings is 2. The molecule has 0 bridgehead atoms. The van der Waals surface area contributed by atoms with E-state index < -0.39 is 0 Å². The number of aliphatic hydroxyl groups excluding tert-OH is 1. The maximum absolute atomic E-state index is 12.6. The summed E-state index contributed by atoms with van der Waals surface area (Å²) in [5, 5.41) is 13.4. The van der Waals surface area contributed by atoms with Gasteiger partial charge in [0.1, 0.15) is 6.54 Å². The van der Waals surface area contributed by atoms with Crippen molar-refractivity contribution < 1.29 is 9.90 Å². The number of aliphatic hydroxyl groups is 1. The van der Waals surface area contributed by atoms with Crippen LogP contribution in [-0.2, 0) is 11.3 Å². The Morgan fingerprint density at radius 2 is 1.84 bits per heavy atom. The largest absolute Gasteiger partial charge is 0.396 e. The minimum atomic E-state index is -0.0798. The zero-order valence-corrected chi connectivity index (χ0v) is 14.5. The Labute approximate surface area is 148 Å². The van der Waals surface area contributed by atoms with E-state index in [1.807, 2.05) is 59.3 Å². The van der Waals surface area contributed by atoms with E-state index in [4.69, 9.17) is 5.11 Å². The van der Waals surface area contributed by atoms with Crippen LogP contribution in [0.2, 0.25) is 0 Å². The van der Waals surface area contributed by atoms with E-state index in [1.165, 1.54) is 10.9 Å². The maximum atomic E-state index is 12.6. The van der Waals surface area contributed by atoms with Crippen molar-refractivity contribution in [3.8, 4) is 0 Å². The number of nitrogens with zero attached hydrogens (tertiary/aromatic N) is 1. The molecule has 0 saturated carbocycles. The van der Waals surface area contributed by atoms with Crippen LogP contribution < -0.4 is 5.32 Å². The molecule has 0 radical (unpaired) electrons. The smallest absolute Gasteiger partial charge is 0.240 e. The summed E-state index contributed by atoms with van der Waals surface area (Å²) in [6, 6.07) is 18.0. The number of fused-ring (bicyclic) bond motifs is 1. The fourth-order valence-electron chi connectivity index (χ4n) is 3.26. The van der Waals surface area contributed by atoms with E-state index in [9.17, 15) is 4.79 Å². The van der Waals surface area contributed by atoms with Crippen LogP contribution in [0.3, 0.4) is 0 Å². The predicted octanol–water partition coefficient (Wildman–Crippen LogP) is 3.58. The predicted molar refractivity (Wildman–Crippen MR) is 100 cm³/mol. The van der Waals surface area contributed by atoms with E-state index in [-0.39, 0.29) is 25.1 Å². The Kier molecular flexibility index (Phi) is 5.51. The molecule has 130 valence electrons. The molecule has 4 heteroatoms. The van der Waals surface area contributed by atoms with Crippen molar-refractivity contribution in [2.45, 2.75) is 32.4 Å². The third-order valence-corrected chi connectivity index (χ3v) is 4.49. The van der Waals surface area contributed by atoms with Gasteiger partial charge < -0.3 is 15.0 Å². The summed E-state index contributed by atoms with van der Waals surface area (Å²) in [6.45, 7) is 2.47. The highest BCUT2D eigenvalue weighted by atomic mass is 16.3. The molecule has 2 aromatic carbocycles. The Hall–Kier alpha value is -2.59. The van der Waals surface area contributed by atoms with Crippen LogP contribution in [0.5, 0.6) is 0 Å². The monoisotopic (exact) mass is 336 g/mol. The van der Waals surface area contributed by atoms with E-state index in [1.54, 1.807) is 0 Å². The summed E-state index contributed by atoms with van der Waals surface area (Å²) >= 11 is 0. The fraction of sp³-hybridized carbons (Fsp3) is 0.286. The van der Waals surface area contributed by atoms with E-state index in [0.29, 0.717) is 6.42 Å². The van der Waals surface area contributed by atoms with Gasteiger partial charge in [-0.2, -0.15) is 0 Å². The third kappa shape index (κ3) is 4.09. The summed E-state index contributed by atoms with van der Waals surface area (Å²) < 4.78 is 1.99. The number of para-hydroxylation sites is 1. The molecule has 2 N–H and O–H groups in total. The minimum absolute atomic E-state index is 0.0208. The summed E-state index contributed by atoms with van der Waals surface area (Å²) in [6.07, 6.45) is 3.40. The Balaban J connectivity index is 1.75. The molecule has 1 atom stereocenters. The Bertz CT molecular complexity index is 839. The zero-order chi connectivity index (χ0) is 17.6. The Morgan fingerprint density at radius 3 is 2.60 bits per heavy atom. The molecule has 1 amide bonds. The van der Waals surface area contributed by atoms with Crippen LogP contribution in [0.25, 0.3) is 10.9 Å². The fourth-order valence-corrected chi connectivity index (χ4v) is 3.26. The molecule has 25 heavy (non-hydrogen) atoms. The van der Waals surface area contributed by atoms with Gasteiger partial charge in [-0.25, -0.2) is 0 Å². The van der Waals surface area contributed by atoms with Gasteiger partial charge in [-0.1, -0.05) is 48.5 Å². The molecular formula is C21H24N2O2. The Morgan fingerprint density at radius 1 is 1.12 bits per heavy atom. The lowest BCUT2D eigenvalue weighted by molar-refractivity contribution is -0.122. The van der Waals surface area contributed by atoms with Gasteiger partial charge in [0.25, 0.3) is 0 Å². The molecule has 0 aliphatic carbocycles. The molecule has 0 fully saturated rings. The number of hydrogen-bond donors (Lipinski definition) is 2. The summed E-state index contributed by atoms with van der Waals surface area (Å²) in [5.74, 6) is -0.0208. The van der Waals surface area contributed by atoms with Crippen molar-refractivity contribution in [2.24, 2.45) is 0 Å². The average molecular weight is 336 g/mol. The highest BCUT2D eigenvalue weighted by molar-refractivity contribution is 5.86. The van der Waals surface area contributed by atoms with Gasteiger partial charge in [-0.05, 0) is 37.0 Å². The first-order valence-corrected chi connectivity index (χ1v) is 8.68. The zero-order valence-electron chi connectivity index (χ0n) is 14.5. The number of aryl methyl sites for hydroxylation is 1. The number of carbonyl (C=O) groups excluding carboxylic acids is 1. The van der Waals surface area contributed by atoms with E-state index >= 15 is 0 Å². The molecule has 0 aliphatic rings. The van der Waals surface area contributed by atoms with E-state index in [0.717, 1.165) is 17.5 Å². The number of amides is 1. The molecule has 1 heterocycles. The lowest BCUT2D eigenvalue weighted by Gasteiger charge is -2.19. The van der Waals surface area contributed by atoms with Gasteiger partial charge in [0.2, 0.25) is 5.91 Å². The SMILES string of the molecule is Cc1cn(CC(=O)NC(CCCO)c2ccccc2)c2ccccc12. The summed E-state index contributed by atoms with van der Waals surface area (Å²) in [5.41, 5.74) is 3.31. The summed E-state index contributed by atoms with van der Waals surface area (Å²) in [7, 11) is 0. The van der Waals surface area contributed by atoms with Crippen molar-refractivity contribution in [3.63, 3.8) is 0 Å². The highest BCUT2D eigenvalue weighted by Crippen LogP contribution is 2.21. The van der Waals surface area contributed by atoms with Gasteiger partial charge in [0.15, 0.2) is 0 Å². The van der Waals surface area contributed by atoms with Gasteiger partial charge in [-0.15, -0.1) is 0 Å². The molecule has 1 aromatic heterocycles. The van der Waals surface area contributed by atoms with Crippen LogP contribution in [0.15, 0.2) is 60.8 Å². The number of aromatic nitrogens is 1. The van der Waals surface area contributed by atoms with Gasteiger partial charge in [0.05, 0.1) is 6.04 Å². The first-order valence-electron chi connectivity index (χ1n) is 8.68. The van der Waals surface area contributed by atoms with Crippen molar-refractivity contribution in [3.05, 3.63) is 71.9 Å². The minimum Gasteiger partial charge on any atom is -0.396 e. The molecule has 3 rings (SSSR count). The number of hydrogen-bond acceptors (Lipinski definition) is 2. The molecule has 4 nitrogen and oxygen atoms in total. The highest BCUT2D eigenvalue weighted by Gasteiger charge is 2.15. The lowest BCUT2D eigenvalue weighted by Crippen LogP contribution is -2.31. The average Bonchev–Trinajstić information content (AvgIpc) is 2.95. The molecule has 1 unspecified atom stereocenters. The number of carbonyl (C=O) groups is 1. The number of nitrogens with one attached hydrogen (secondary N) is 1. The van der Waals surface area contributed by atoms with E-state index in [2.05, 4.69) is 18.3 Å². The molecule has 0 spiro atoms. The van der Waals surface area contributed by atoms with Crippen molar-refractivity contribution >= 4 is 16.8 Å². The normalized spacial score (nSPS) is 12.2. The van der Waals surface area contributed by atoms with Gasteiger partial charge in [-0.3, -0.25) is 4.79 Å². The van der Waals surface area contributed by atoms with Crippen LogP contribution in [-0.4, -0.2) is 22.2 Å².